The molecule has 106 valence electrons. The Morgan fingerprint density at radius 3 is 2.63 bits per heavy atom. The number of hydrogen-bond donors (Lipinski definition) is 1. The Labute approximate surface area is 123 Å². The molecule has 0 radical (unpaired) electrons. The molecule has 2 rings (SSSR count). The lowest BCUT2D eigenvalue weighted by Gasteiger charge is -2.39. The van der Waals surface area contributed by atoms with Crippen LogP contribution in [-0.4, -0.2) is 37.1 Å². The highest BCUT2D eigenvalue weighted by molar-refractivity contribution is 6.35. The van der Waals surface area contributed by atoms with Gasteiger partial charge in [0.15, 0.2) is 0 Å². The molecular weight excluding hydrogens is 287 g/mol. The summed E-state index contributed by atoms with van der Waals surface area (Å²) in [5, 5.41) is 11.7. The van der Waals surface area contributed by atoms with E-state index in [1.54, 1.807) is 19.2 Å². The van der Waals surface area contributed by atoms with E-state index in [4.69, 9.17) is 32.7 Å². The zero-order valence-electron chi connectivity index (χ0n) is 10.9. The van der Waals surface area contributed by atoms with Gasteiger partial charge in [-0.05, 0) is 17.7 Å². The normalized spacial score (nSPS) is 20.2. The van der Waals surface area contributed by atoms with E-state index in [1.165, 1.54) is 0 Å². The van der Waals surface area contributed by atoms with Gasteiger partial charge < -0.3 is 14.6 Å². The first-order valence-corrected chi connectivity index (χ1v) is 7.08. The van der Waals surface area contributed by atoms with Crippen LogP contribution >= 0.6 is 23.2 Å². The van der Waals surface area contributed by atoms with Crippen LogP contribution in [0, 0.1) is 0 Å². The van der Waals surface area contributed by atoms with E-state index >= 15 is 0 Å². The van der Waals surface area contributed by atoms with E-state index in [0.717, 1.165) is 5.56 Å². The number of methoxy groups -OCH3 is 1. The van der Waals surface area contributed by atoms with Gasteiger partial charge in [0.25, 0.3) is 0 Å². The molecule has 1 atom stereocenters. The first-order chi connectivity index (χ1) is 9.07. The summed E-state index contributed by atoms with van der Waals surface area (Å²) in [5.74, 6) is 0. The van der Waals surface area contributed by atoms with Crippen LogP contribution in [0.1, 0.15) is 18.4 Å². The molecule has 1 N–H and O–H groups in total. The van der Waals surface area contributed by atoms with E-state index in [1.807, 2.05) is 6.07 Å². The highest BCUT2D eigenvalue weighted by Crippen LogP contribution is 2.32. The van der Waals surface area contributed by atoms with Crippen LogP contribution in [0.15, 0.2) is 18.2 Å². The van der Waals surface area contributed by atoms with Crippen molar-refractivity contribution in [3.05, 3.63) is 33.8 Å². The maximum Gasteiger partial charge on any atom is 0.0983 e. The standard InChI is InChI=1S/C14H18Cl2O3/c1-18-14(4-6-19-7-5-14)13(17)8-10-2-3-11(15)9-12(10)16/h2-3,9,13,17H,4-8H2,1H3. The van der Waals surface area contributed by atoms with Crippen molar-refractivity contribution in [2.45, 2.75) is 31.0 Å². The Morgan fingerprint density at radius 1 is 1.37 bits per heavy atom. The third-order valence-electron chi connectivity index (χ3n) is 3.78. The van der Waals surface area contributed by atoms with Gasteiger partial charge in [0.2, 0.25) is 0 Å². The summed E-state index contributed by atoms with van der Waals surface area (Å²) in [6.45, 7) is 1.22. The molecule has 1 aliphatic heterocycles. The van der Waals surface area contributed by atoms with Gasteiger partial charge in [0.05, 0.1) is 11.7 Å². The van der Waals surface area contributed by atoms with Crippen molar-refractivity contribution in [2.75, 3.05) is 20.3 Å². The summed E-state index contributed by atoms with van der Waals surface area (Å²) in [6.07, 6.45) is 1.22. The zero-order valence-corrected chi connectivity index (χ0v) is 12.4. The van der Waals surface area contributed by atoms with Gasteiger partial charge in [-0.25, -0.2) is 0 Å². The molecule has 3 nitrogen and oxygen atoms in total. The van der Waals surface area contributed by atoms with Crippen molar-refractivity contribution in [3.8, 4) is 0 Å². The fourth-order valence-electron chi connectivity index (χ4n) is 2.47. The van der Waals surface area contributed by atoms with Gasteiger partial charge >= 0.3 is 0 Å². The van der Waals surface area contributed by atoms with Crippen LogP contribution in [0.25, 0.3) is 0 Å². The lowest BCUT2D eigenvalue weighted by Crippen LogP contribution is -2.49. The highest BCUT2D eigenvalue weighted by Gasteiger charge is 2.39. The van der Waals surface area contributed by atoms with Crippen molar-refractivity contribution >= 4 is 23.2 Å². The van der Waals surface area contributed by atoms with Crippen molar-refractivity contribution in [3.63, 3.8) is 0 Å². The molecule has 0 aliphatic carbocycles. The van der Waals surface area contributed by atoms with E-state index in [2.05, 4.69) is 0 Å². The van der Waals surface area contributed by atoms with Crippen LogP contribution < -0.4 is 0 Å². The highest BCUT2D eigenvalue weighted by atomic mass is 35.5. The molecule has 1 heterocycles. The summed E-state index contributed by atoms with van der Waals surface area (Å²) in [7, 11) is 1.64. The number of ether oxygens (including phenoxy) is 2. The average molecular weight is 305 g/mol. The molecule has 0 spiro atoms. The summed E-state index contributed by atoms with van der Waals surface area (Å²) < 4.78 is 10.9. The third-order valence-corrected chi connectivity index (χ3v) is 4.37. The Kier molecular flexibility index (Phi) is 5.09. The zero-order chi connectivity index (χ0) is 13.9. The smallest absolute Gasteiger partial charge is 0.0983 e. The van der Waals surface area contributed by atoms with Crippen LogP contribution in [0.4, 0.5) is 0 Å². The van der Waals surface area contributed by atoms with E-state index < -0.39 is 11.7 Å². The Balaban J connectivity index is 2.12. The molecule has 1 aromatic carbocycles. The van der Waals surface area contributed by atoms with Gasteiger partial charge in [-0.1, -0.05) is 29.3 Å². The summed E-state index contributed by atoms with van der Waals surface area (Å²) >= 11 is 12.0. The van der Waals surface area contributed by atoms with Crippen molar-refractivity contribution in [2.24, 2.45) is 0 Å². The SMILES string of the molecule is COC1(C(O)Cc2ccc(Cl)cc2Cl)CCOCC1. The monoisotopic (exact) mass is 304 g/mol. The second-order valence-corrected chi connectivity index (χ2v) is 5.68. The van der Waals surface area contributed by atoms with Gasteiger partial charge in [0, 0.05) is 49.6 Å². The van der Waals surface area contributed by atoms with Gasteiger partial charge in [-0.15, -0.1) is 0 Å². The molecule has 0 aromatic heterocycles. The van der Waals surface area contributed by atoms with Crippen LogP contribution in [0.2, 0.25) is 10.0 Å². The molecule has 1 unspecified atom stereocenters. The van der Waals surface area contributed by atoms with Crippen LogP contribution in [0.3, 0.4) is 0 Å². The van der Waals surface area contributed by atoms with E-state index in [0.29, 0.717) is 42.5 Å². The minimum absolute atomic E-state index is 0.448. The molecular formula is C14H18Cl2O3. The Hall–Kier alpha value is -0.320. The predicted molar refractivity (Wildman–Crippen MR) is 76.0 cm³/mol. The van der Waals surface area contributed by atoms with Gasteiger partial charge in [-0.3, -0.25) is 0 Å². The number of hydrogen-bond acceptors (Lipinski definition) is 3. The first kappa shape index (κ1) is 15.1. The first-order valence-electron chi connectivity index (χ1n) is 6.32. The number of aliphatic hydroxyl groups excluding tert-OH is 1. The lowest BCUT2D eigenvalue weighted by molar-refractivity contribution is -0.151. The Morgan fingerprint density at radius 2 is 2.05 bits per heavy atom. The second kappa shape index (κ2) is 6.42. The second-order valence-electron chi connectivity index (χ2n) is 4.84. The number of halogens is 2. The summed E-state index contributed by atoms with van der Waals surface area (Å²) in [4.78, 5) is 0. The maximum absolute atomic E-state index is 10.5. The molecule has 1 aliphatic rings. The van der Waals surface area contributed by atoms with Gasteiger partial charge in [-0.2, -0.15) is 0 Å². The van der Waals surface area contributed by atoms with Crippen molar-refractivity contribution < 1.29 is 14.6 Å². The quantitative estimate of drug-likeness (QED) is 0.929. The van der Waals surface area contributed by atoms with Crippen molar-refractivity contribution in [1.29, 1.82) is 0 Å². The van der Waals surface area contributed by atoms with Gasteiger partial charge in [0.1, 0.15) is 0 Å². The largest absolute Gasteiger partial charge is 0.390 e. The number of rotatable bonds is 4. The Bertz CT molecular complexity index is 431. The van der Waals surface area contributed by atoms with E-state index in [-0.39, 0.29) is 0 Å². The summed E-state index contributed by atoms with van der Waals surface area (Å²) in [6, 6.07) is 5.31. The molecule has 1 fully saturated rings. The number of aliphatic hydroxyl groups is 1. The molecule has 1 saturated heterocycles. The van der Waals surface area contributed by atoms with Crippen molar-refractivity contribution in [1.82, 2.24) is 0 Å². The molecule has 1 aromatic rings. The van der Waals surface area contributed by atoms with Crippen LogP contribution in [-0.2, 0) is 15.9 Å². The topological polar surface area (TPSA) is 38.7 Å². The third kappa shape index (κ3) is 3.41. The minimum Gasteiger partial charge on any atom is -0.390 e. The fraction of sp³-hybridized carbons (Fsp3) is 0.571. The van der Waals surface area contributed by atoms with E-state index in [9.17, 15) is 5.11 Å². The molecule has 5 heteroatoms. The molecule has 0 saturated carbocycles. The maximum atomic E-state index is 10.5. The number of benzene rings is 1. The average Bonchev–Trinajstić information content (AvgIpc) is 2.42. The lowest BCUT2D eigenvalue weighted by atomic mass is 9.84. The molecule has 0 bridgehead atoms. The summed E-state index contributed by atoms with van der Waals surface area (Å²) in [5.41, 5.74) is 0.336. The minimum atomic E-state index is -0.611. The fourth-order valence-corrected chi connectivity index (χ4v) is 2.96. The molecule has 0 amide bonds. The predicted octanol–water partition coefficient (Wildman–Crippen LogP) is 3.09. The molecule has 19 heavy (non-hydrogen) atoms. The van der Waals surface area contributed by atoms with Crippen LogP contribution in [0.5, 0.6) is 0 Å².